The van der Waals surface area contributed by atoms with Gasteiger partial charge in [-0.3, -0.25) is 0 Å². The van der Waals surface area contributed by atoms with E-state index in [1.165, 1.54) is 32.1 Å². The van der Waals surface area contributed by atoms with Gasteiger partial charge in [-0.1, -0.05) is 42.5 Å². The Bertz CT molecular complexity index is 616. The minimum Gasteiger partial charge on any atom is -0.396 e. The molecule has 20 heavy (non-hydrogen) atoms. The summed E-state index contributed by atoms with van der Waals surface area (Å²) in [5.74, 6) is 0.493. The summed E-state index contributed by atoms with van der Waals surface area (Å²) in [6.45, 7) is 0. The molecule has 1 saturated carbocycles. The molecule has 0 spiro atoms. The van der Waals surface area contributed by atoms with Crippen LogP contribution in [0.5, 0.6) is 0 Å². The lowest BCUT2D eigenvalue weighted by Crippen LogP contribution is -2.07. The molecule has 3 nitrogen and oxygen atoms in total. The lowest BCUT2D eigenvalue weighted by Gasteiger charge is -2.20. The highest BCUT2D eigenvalue weighted by atomic mass is 35.5. The molecular weight excluding hydrogens is 293 g/mol. The molecule has 3 rings (SSSR count). The normalized spacial score (nSPS) is 16.5. The summed E-state index contributed by atoms with van der Waals surface area (Å²) in [4.78, 5) is 0. The molecule has 2 N–H and O–H groups in total. The first kappa shape index (κ1) is 13.8. The summed E-state index contributed by atoms with van der Waals surface area (Å²) >= 11 is 12.0. The molecule has 5 heteroatoms. The molecule has 1 fully saturated rings. The molecule has 0 bridgehead atoms. The number of halogens is 2. The zero-order valence-corrected chi connectivity index (χ0v) is 12.7. The topological polar surface area (TPSA) is 43.8 Å². The molecule has 1 aliphatic rings. The molecular formula is C15H17Cl2N3. The van der Waals surface area contributed by atoms with Crippen molar-refractivity contribution in [3.63, 3.8) is 0 Å². The zero-order chi connectivity index (χ0) is 14.1. The highest BCUT2D eigenvalue weighted by Crippen LogP contribution is 2.35. The molecule has 1 aromatic heterocycles. The van der Waals surface area contributed by atoms with E-state index in [4.69, 9.17) is 28.9 Å². The number of anilines is 1. The fourth-order valence-electron chi connectivity index (χ4n) is 2.85. The number of nitrogen functional groups attached to an aromatic ring is 1. The third kappa shape index (κ3) is 2.65. The van der Waals surface area contributed by atoms with Gasteiger partial charge in [-0.2, -0.15) is 5.10 Å². The summed E-state index contributed by atoms with van der Waals surface area (Å²) in [6.07, 6.45) is 8.09. The van der Waals surface area contributed by atoms with Crippen molar-refractivity contribution in [3.05, 3.63) is 40.1 Å². The quantitative estimate of drug-likeness (QED) is 0.865. The van der Waals surface area contributed by atoms with Gasteiger partial charge < -0.3 is 5.73 Å². The third-order valence-electron chi connectivity index (χ3n) is 3.93. The maximum Gasteiger partial charge on any atom is 0.0889 e. The summed E-state index contributed by atoms with van der Waals surface area (Å²) in [5.41, 5.74) is 8.81. The van der Waals surface area contributed by atoms with E-state index in [0.29, 0.717) is 16.0 Å². The average molecular weight is 310 g/mol. The molecule has 0 amide bonds. The summed E-state index contributed by atoms with van der Waals surface area (Å²) in [6, 6.07) is 5.48. The monoisotopic (exact) mass is 309 g/mol. The van der Waals surface area contributed by atoms with E-state index in [9.17, 15) is 0 Å². The SMILES string of the molecule is Nc1cn(-c2ccc(Cl)c(Cl)c2)nc1C1CCCCC1. The summed E-state index contributed by atoms with van der Waals surface area (Å²) in [5, 5.41) is 5.73. The van der Waals surface area contributed by atoms with Crippen LogP contribution in [0.25, 0.3) is 5.69 Å². The van der Waals surface area contributed by atoms with Crippen molar-refractivity contribution in [2.45, 2.75) is 38.0 Å². The first-order valence-corrected chi connectivity index (χ1v) is 7.71. The molecule has 0 atom stereocenters. The molecule has 1 aromatic carbocycles. The standard InChI is InChI=1S/C15H17Cl2N3/c16-12-7-6-11(8-13(12)17)20-9-14(18)15(19-20)10-4-2-1-3-5-10/h6-10H,1-5,18H2. The van der Waals surface area contributed by atoms with Crippen molar-refractivity contribution in [2.24, 2.45) is 0 Å². The summed E-state index contributed by atoms with van der Waals surface area (Å²) in [7, 11) is 0. The van der Waals surface area contributed by atoms with Crippen LogP contribution < -0.4 is 5.73 Å². The minimum absolute atomic E-state index is 0.493. The Morgan fingerprint density at radius 3 is 2.55 bits per heavy atom. The van der Waals surface area contributed by atoms with Crippen LogP contribution in [0.1, 0.15) is 43.7 Å². The predicted octanol–water partition coefficient (Wildman–Crippen LogP) is 4.81. The third-order valence-corrected chi connectivity index (χ3v) is 4.67. The van der Waals surface area contributed by atoms with Crippen molar-refractivity contribution in [1.29, 1.82) is 0 Å². The fraction of sp³-hybridized carbons (Fsp3) is 0.400. The Morgan fingerprint density at radius 1 is 1.10 bits per heavy atom. The largest absolute Gasteiger partial charge is 0.396 e. The van der Waals surface area contributed by atoms with Gasteiger partial charge in [0.15, 0.2) is 0 Å². The Labute approximate surface area is 128 Å². The van der Waals surface area contributed by atoms with Crippen LogP contribution in [0.4, 0.5) is 5.69 Å². The lowest BCUT2D eigenvalue weighted by atomic mass is 9.86. The average Bonchev–Trinajstić information content (AvgIpc) is 2.85. The van der Waals surface area contributed by atoms with Crippen LogP contribution in [0.15, 0.2) is 24.4 Å². The first-order valence-electron chi connectivity index (χ1n) is 6.95. The van der Waals surface area contributed by atoms with Crippen LogP contribution in [0.2, 0.25) is 10.0 Å². The fourth-order valence-corrected chi connectivity index (χ4v) is 3.15. The van der Waals surface area contributed by atoms with Crippen LogP contribution in [0.3, 0.4) is 0 Å². The van der Waals surface area contributed by atoms with E-state index in [1.54, 1.807) is 16.8 Å². The Hall–Kier alpha value is -1.19. The van der Waals surface area contributed by atoms with Crippen molar-refractivity contribution in [1.82, 2.24) is 9.78 Å². The van der Waals surface area contributed by atoms with Gasteiger partial charge in [0.2, 0.25) is 0 Å². The predicted molar refractivity (Wildman–Crippen MR) is 83.8 cm³/mol. The molecule has 1 heterocycles. The molecule has 0 saturated heterocycles. The second-order valence-corrected chi connectivity index (χ2v) is 6.16. The van der Waals surface area contributed by atoms with Gasteiger partial charge in [-0.15, -0.1) is 0 Å². The number of benzene rings is 1. The van der Waals surface area contributed by atoms with Gasteiger partial charge in [-0.05, 0) is 31.0 Å². The Kier molecular flexibility index (Phi) is 3.90. The van der Waals surface area contributed by atoms with E-state index in [-0.39, 0.29) is 0 Å². The highest BCUT2D eigenvalue weighted by Gasteiger charge is 2.21. The first-order chi connectivity index (χ1) is 9.65. The van der Waals surface area contributed by atoms with Crippen molar-refractivity contribution in [3.8, 4) is 5.69 Å². The molecule has 2 aromatic rings. The minimum atomic E-state index is 0.493. The maximum absolute atomic E-state index is 6.14. The van der Waals surface area contributed by atoms with Crippen molar-refractivity contribution >= 4 is 28.9 Å². The van der Waals surface area contributed by atoms with Gasteiger partial charge in [0.1, 0.15) is 0 Å². The van der Waals surface area contributed by atoms with E-state index in [1.807, 2.05) is 12.3 Å². The second-order valence-electron chi connectivity index (χ2n) is 5.35. The molecule has 1 aliphatic carbocycles. The van der Waals surface area contributed by atoms with E-state index in [0.717, 1.165) is 17.1 Å². The van der Waals surface area contributed by atoms with Crippen molar-refractivity contribution in [2.75, 3.05) is 5.73 Å². The number of nitrogens with two attached hydrogens (primary N) is 1. The van der Waals surface area contributed by atoms with Crippen LogP contribution >= 0.6 is 23.2 Å². The van der Waals surface area contributed by atoms with Crippen LogP contribution in [0, 0.1) is 0 Å². The van der Waals surface area contributed by atoms with E-state index in [2.05, 4.69) is 5.10 Å². The highest BCUT2D eigenvalue weighted by molar-refractivity contribution is 6.42. The Morgan fingerprint density at radius 2 is 1.85 bits per heavy atom. The number of hydrogen-bond acceptors (Lipinski definition) is 2. The summed E-state index contributed by atoms with van der Waals surface area (Å²) < 4.78 is 1.79. The molecule has 0 aliphatic heterocycles. The lowest BCUT2D eigenvalue weighted by molar-refractivity contribution is 0.435. The van der Waals surface area contributed by atoms with Gasteiger partial charge in [0, 0.05) is 5.92 Å². The van der Waals surface area contributed by atoms with Gasteiger partial charge in [0.25, 0.3) is 0 Å². The second kappa shape index (κ2) is 5.66. The van der Waals surface area contributed by atoms with Gasteiger partial charge in [0.05, 0.1) is 33.3 Å². The van der Waals surface area contributed by atoms with Gasteiger partial charge >= 0.3 is 0 Å². The Balaban J connectivity index is 1.93. The van der Waals surface area contributed by atoms with Gasteiger partial charge in [-0.25, -0.2) is 4.68 Å². The smallest absolute Gasteiger partial charge is 0.0889 e. The maximum atomic E-state index is 6.14. The number of hydrogen-bond donors (Lipinski definition) is 1. The van der Waals surface area contributed by atoms with E-state index >= 15 is 0 Å². The van der Waals surface area contributed by atoms with Crippen LogP contribution in [-0.2, 0) is 0 Å². The number of aromatic nitrogens is 2. The van der Waals surface area contributed by atoms with E-state index < -0.39 is 0 Å². The van der Waals surface area contributed by atoms with Crippen molar-refractivity contribution < 1.29 is 0 Å². The van der Waals surface area contributed by atoms with Crippen LogP contribution in [-0.4, -0.2) is 9.78 Å². The number of nitrogens with zero attached hydrogens (tertiary/aromatic N) is 2. The molecule has 106 valence electrons. The zero-order valence-electron chi connectivity index (χ0n) is 11.1. The molecule has 0 unspecified atom stereocenters. The number of rotatable bonds is 2. The molecule has 0 radical (unpaired) electrons.